The van der Waals surface area contributed by atoms with Crippen LogP contribution in [0.1, 0.15) is 19.3 Å². The summed E-state index contributed by atoms with van der Waals surface area (Å²) in [6, 6.07) is 4.24. The normalized spacial score (nSPS) is 19.7. The van der Waals surface area contributed by atoms with E-state index in [1.54, 1.807) is 20.3 Å². The first-order chi connectivity index (χ1) is 9.65. The van der Waals surface area contributed by atoms with Gasteiger partial charge in [0.25, 0.3) is 0 Å². The Labute approximate surface area is 126 Å². The van der Waals surface area contributed by atoms with Crippen LogP contribution in [0, 0.1) is 0 Å². The number of halogens is 1. The van der Waals surface area contributed by atoms with Gasteiger partial charge in [0, 0.05) is 24.7 Å². The number of likely N-dealkylation sites (tertiary alicyclic amines) is 1. The Morgan fingerprint density at radius 3 is 2.60 bits per heavy atom. The fourth-order valence-corrected chi connectivity index (χ4v) is 2.84. The summed E-state index contributed by atoms with van der Waals surface area (Å²) in [6.45, 7) is 2.07. The number of rotatable bonds is 5. The predicted octanol–water partition coefficient (Wildman–Crippen LogP) is 3.25. The van der Waals surface area contributed by atoms with E-state index in [0.717, 1.165) is 12.2 Å². The minimum absolute atomic E-state index is 0.563. The third kappa shape index (κ3) is 3.49. The summed E-state index contributed by atoms with van der Waals surface area (Å²) >= 11 is 6.28. The second-order valence-electron chi connectivity index (χ2n) is 5.20. The fourth-order valence-electron chi connectivity index (χ4n) is 2.62. The van der Waals surface area contributed by atoms with Crippen molar-refractivity contribution in [3.05, 3.63) is 17.2 Å². The summed E-state index contributed by atoms with van der Waals surface area (Å²) in [5.74, 6) is 1.34. The highest BCUT2D eigenvalue weighted by atomic mass is 35.5. The molecule has 0 aliphatic carbocycles. The molecule has 0 spiro atoms. The first-order valence-electron chi connectivity index (χ1n) is 7.01. The molecule has 1 fully saturated rings. The maximum atomic E-state index is 6.28. The van der Waals surface area contributed by atoms with Gasteiger partial charge in [-0.3, -0.25) is 0 Å². The molecule has 112 valence electrons. The number of nitrogens with one attached hydrogen (secondary N) is 1. The third-order valence-corrected chi connectivity index (χ3v) is 4.24. The Balaban J connectivity index is 2.05. The van der Waals surface area contributed by atoms with Gasteiger partial charge in [0.2, 0.25) is 0 Å². The molecule has 1 aromatic carbocycles. The number of ether oxygens (including phenoxy) is 2. The van der Waals surface area contributed by atoms with Crippen molar-refractivity contribution < 1.29 is 9.47 Å². The lowest BCUT2D eigenvalue weighted by Gasteiger charge is -2.32. The SMILES string of the molecule is COc1cc(Cl)c(NCC2CCCCN2C)cc1OC. The van der Waals surface area contributed by atoms with Gasteiger partial charge in [-0.05, 0) is 26.4 Å². The van der Waals surface area contributed by atoms with Gasteiger partial charge in [-0.2, -0.15) is 0 Å². The number of anilines is 1. The minimum atomic E-state index is 0.563. The molecule has 1 heterocycles. The molecule has 1 aromatic rings. The molecule has 5 heteroatoms. The van der Waals surface area contributed by atoms with E-state index in [9.17, 15) is 0 Å². The lowest BCUT2D eigenvalue weighted by molar-refractivity contribution is 0.194. The highest BCUT2D eigenvalue weighted by Gasteiger charge is 2.19. The van der Waals surface area contributed by atoms with Crippen molar-refractivity contribution in [3.8, 4) is 11.5 Å². The average molecular weight is 299 g/mol. The lowest BCUT2D eigenvalue weighted by atomic mass is 10.0. The molecule has 4 nitrogen and oxygen atoms in total. The van der Waals surface area contributed by atoms with Gasteiger partial charge < -0.3 is 19.7 Å². The van der Waals surface area contributed by atoms with Gasteiger partial charge in [0.05, 0.1) is 24.9 Å². The van der Waals surface area contributed by atoms with Crippen LogP contribution in [0.25, 0.3) is 0 Å². The first-order valence-corrected chi connectivity index (χ1v) is 7.39. The molecular weight excluding hydrogens is 276 g/mol. The predicted molar refractivity (Wildman–Crippen MR) is 83.3 cm³/mol. The number of hydrogen-bond acceptors (Lipinski definition) is 4. The van der Waals surface area contributed by atoms with Crippen LogP contribution in [0.3, 0.4) is 0 Å². The second-order valence-corrected chi connectivity index (χ2v) is 5.61. The van der Waals surface area contributed by atoms with Crippen molar-refractivity contribution in [2.24, 2.45) is 0 Å². The van der Waals surface area contributed by atoms with Crippen molar-refractivity contribution in [3.63, 3.8) is 0 Å². The summed E-state index contributed by atoms with van der Waals surface area (Å²) in [5, 5.41) is 4.08. The number of nitrogens with zero attached hydrogens (tertiary/aromatic N) is 1. The van der Waals surface area contributed by atoms with E-state index < -0.39 is 0 Å². The van der Waals surface area contributed by atoms with Crippen molar-refractivity contribution in [2.45, 2.75) is 25.3 Å². The third-order valence-electron chi connectivity index (χ3n) is 3.92. The molecule has 20 heavy (non-hydrogen) atoms. The monoisotopic (exact) mass is 298 g/mol. The Hall–Kier alpha value is -1.13. The van der Waals surface area contributed by atoms with E-state index in [-0.39, 0.29) is 0 Å². The molecule has 0 saturated carbocycles. The van der Waals surface area contributed by atoms with Gasteiger partial charge >= 0.3 is 0 Å². The molecular formula is C15H23ClN2O2. The number of methoxy groups -OCH3 is 2. The molecule has 0 radical (unpaired) electrons. The molecule has 1 atom stereocenters. The Bertz CT molecular complexity index is 454. The molecule has 0 aromatic heterocycles. The summed E-state index contributed by atoms with van der Waals surface area (Å²) < 4.78 is 10.5. The van der Waals surface area contributed by atoms with E-state index in [0.29, 0.717) is 22.6 Å². The molecule has 1 saturated heterocycles. The maximum absolute atomic E-state index is 6.28. The van der Waals surface area contributed by atoms with Crippen molar-refractivity contribution in [1.29, 1.82) is 0 Å². The van der Waals surface area contributed by atoms with Crippen LogP contribution in [0.2, 0.25) is 5.02 Å². The molecule has 1 aliphatic heterocycles. The molecule has 0 bridgehead atoms. The van der Waals surface area contributed by atoms with Crippen LogP contribution in [-0.4, -0.2) is 45.3 Å². The van der Waals surface area contributed by atoms with Gasteiger partial charge in [0.1, 0.15) is 0 Å². The van der Waals surface area contributed by atoms with Gasteiger partial charge in [0.15, 0.2) is 11.5 Å². The van der Waals surface area contributed by atoms with E-state index >= 15 is 0 Å². The van der Waals surface area contributed by atoms with E-state index in [2.05, 4.69) is 17.3 Å². The quantitative estimate of drug-likeness (QED) is 0.905. The highest BCUT2D eigenvalue weighted by Crippen LogP contribution is 2.36. The minimum Gasteiger partial charge on any atom is -0.493 e. The largest absolute Gasteiger partial charge is 0.493 e. The summed E-state index contributed by atoms with van der Waals surface area (Å²) in [5.41, 5.74) is 0.892. The van der Waals surface area contributed by atoms with Crippen LogP contribution >= 0.6 is 11.6 Å². The van der Waals surface area contributed by atoms with Gasteiger partial charge in [-0.25, -0.2) is 0 Å². The Morgan fingerprint density at radius 2 is 1.95 bits per heavy atom. The zero-order valence-corrected chi connectivity index (χ0v) is 13.2. The topological polar surface area (TPSA) is 33.7 Å². The van der Waals surface area contributed by atoms with E-state index in [1.807, 2.05) is 6.07 Å². The van der Waals surface area contributed by atoms with Gasteiger partial charge in [-0.15, -0.1) is 0 Å². The summed E-state index contributed by atoms with van der Waals surface area (Å²) in [6.07, 6.45) is 3.83. The Kier molecular flexibility index (Phi) is 5.38. The average Bonchev–Trinajstić information content (AvgIpc) is 2.47. The zero-order valence-electron chi connectivity index (χ0n) is 12.4. The summed E-state index contributed by atoms with van der Waals surface area (Å²) in [4.78, 5) is 2.41. The van der Waals surface area contributed by atoms with Crippen LogP contribution in [0.15, 0.2) is 12.1 Å². The maximum Gasteiger partial charge on any atom is 0.162 e. The number of likely N-dealkylation sites (N-methyl/N-ethyl adjacent to an activating group) is 1. The molecule has 1 N–H and O–H groups in total. The first kappa shape index (κ1) is 15.3. The fraction of sp³-hybridized carbons (Fsp3) is 0.600. The Morgan fingerprint density at radius 1 is 1.25 bits per heavy atom. The van der Waals surface area contributed by atoms with Crippen LogP contribution in [0.5, 0.6) is 11.5 Å². The molecule has 0 amide bonds. The standard InChI is InChI=1S/C15H23ClN2O2/c1-18-7-5-4-6-11(18)10-17-13-9-15(20-3)14(19-2)8-12(13)16/h8-9,11,17H,4-7,10H2,1-3H3. The number of hydrogen-bond donors (Lipinski definition) is 1. The lowest BCUT2D eigenvalue weighted by Crippen LogP contribution is -2.40. The smallest absolute Gasteiger partial charge is 0.162 e. The van der Waals surface area contributed by atoms with Crippen LogP contribution in [0.4, 0.5) is 5.69 Å². The zero-order chi connectivity index (χ0) is 14.5. The van der Waals surface area contributed by atoms with Crippen LogP contribution in [-0.2, 0) is 0 Å². The molecule has 1 unspecified atom stereocenters. The van der Waals surface area contributed by atoms with Crippen molar-refractivity contribution >= 4 is 17.3 Å². The number of benzene rings is 1. The highest BCUT2D eigenvalue weighted by molar-refractivity contribution is 6.33. The molecule has 1 aliphatic rings. The van der Waals surface area contributed by atoms with Crippen LogP contribution < -0.4 is 14.8 Å². The second kappa shape index (κ2) is 7.04. The summed E-state index contributed by atoms with van der Waals surface area (Å²) in [7, 11) is 5.42. The van der Waals surface area contributed by atoms with E-state index in [4.69, 9.17) is 21.1 Å². The van der Waals surface area contributed by atoms with E-state index in [1.165, 1.54) is 25.8 Å². The van der Waals surface area contributed by atoms with Crippen molar-refractivity contribution in [2.75, 3.05) is 39.7 Å². The number of piperidine rings is 1. The van der Waals surface area contributed by atoms with Crippen molar-refractivity contribution in [1.82, 2.24) is 4.90 Å². The van der Waals surface area contributed by atoms with Gasteiger partial charge in [-0.1, -0.05) is 18.0 Å². The molecule has 2 rings (SSSR count).